The third kappa shape index (κ3) is 3.71. The van der Waals surface area contributed by atoms with E-state index in [1.165, 1.54) is 24.3 Å². The zero-order chi connectivity index (χ0) is 18.9. The molecule has 0 fully saturated rings. The Kier molecular flexibility index (Phi) is 4.99. The summed E-state index contributed by atoms with van der Waals surface area (Å²) < 4.78 is 53.0. The minimum Gasteiger partial charge on any atom is -0.298 e. The van der Waals surface area contributed by atoms with Crippen molar-refractivity contribution in [2.75, 3.05) is 11.9 Å². The maximum absolute atomic E-state index is 13.2. The molecular weight excluding hydrogens is 384 g/mol. The van der Waals surface area contributed by atoms with Gasteiger partial charge in [-0.3, -0.25) is 10.1 Å². The van der Waals surface area contributed by atoms with Gasteiger partial charge in [0.25, 0.3) is 5.91 Å². The van der Waals surface area contributed by atoms with Crippen LogP contribution in [0.5, 0.6) is 0 Å². The van der Waals surface area contributed by atoms with E-state index in [0.29, 0.717) is 4.70 Å². The van der Waals surface area contributed by atoms with E-state index < -0.39 is 27.6 Å². The first-order valence-corrected chi connectivity index (χ1v) is 9.77. The summed E-state index contributed by atoms with van der Waals surface area (Å²) in [4.78, 5) is 16.3. The number of carbonyl (C=O) groups excluding carboxylic acids is 1. The van der Waals surface area contributed by atoms with E-state index in [0.717, 1.165) is 23.5 Å². The minimum atomic E-state index is -3.60. The van der Waals surface area contributed by atoms with Crippen molar-refractivity contribution in [3.8, 4) is 0 Å². The van der Waals surface area contributed by atoms with E-state index in [2.05, 4.69) is 15.0 Å². The molecule has 6 nitrogen and oxygen atoms in total. The fraction of sp³-hybridized carbons (Fsp3) is 0.125. The molecule has 10 heteroatoms. The van der Waals surface area contributed by atoms with Gasteiger partial charge in [-0.1, -0.05) is 18.3 Å². The molecular formula is C16H13F2N3O3S2. The number of aromatic nitrogens is 1. The minimum absolute atomic E-state index is 0.0434. The summed E-state index contributed by atoms with van der Waals surface area (Å²) in [5, 5.41) is 2.71. The maximum atomic E-state index is 13.2. The van der Waals surface area contributed by atoms with Crippen LogP contribution >= 0.6 is 11.3 Å². The number of anilines is 1. The topological polar surface area (TPSA) is 88.2 Å². The van der Waals surface area contributed by atoms with Gasteiger partial charge in [-0.05, 0) is 30.3 Å². The lowest BCUT2D eigenvalue weighted by atomic mass is 10.2. The second kappa shape index (κ2) is 7.06. The van der Waals surface area contributed by atoms with Crippen molar-refractivity contribution in [2.45, 2.75) is 11.8 Å². The highest BCUT2D eigenvalue weighted by molar-refractivity contribution is 7.89. The van der Waals surface area contributed by atoms with Crippen molar-refractivity contribution in [3.05, 3.63) is 53.6 Å². The van der Waals surface area contributed by atoms with Gasteiger partial charge in [0.2, 0.25) is 10.0 Å². The van der Waals surface area contributed by atoms with Crippen LogP contribution in [0.25, 0.3) is 10.2 Å². The van der Waals surface area contributed by atoms with E-state index in [9.17, 15) is 22.0 Å². The summed E-state index contributed by atoms with van der Waals surface area (Å²) in [6.45, 7) is 1.92. The summed E-state index contributed by atoms with van der Waals surface area (Å²) in [7, 11) is -3.60. The third-order valence-corrected chi connectivity index (χ3v) is 5.91. The SMILES string of the molecule is CCNS(=O)(=O)c1ccc(C(=O)Nc2nc3cc(F)c(F)cc3s2)cc1. The van der Waals surface area contributed by atoms with Crippen LogP contribution < -0.4 is 10.0 Å². The molecule has 26 heavy (non-hydrogen) atoms. The van der Waals surface area contributed by atoms with Gasteiger partial charge in [0.15, 0.2) is 16.8 Å². The second-order valence-corrected chi connectivity index (χ2v) is 8.03. The average molecular weight is 397 g/mol. The lowest BCUT2D eigenvalue weighted by molar-refractivity contribution is 0.102. The predicted molar refractivity (Wildman–Crippen MR) is 94.8 cm³/mol. The summed E-state index contributed by atoms with van der Waals surface area (Å²) >= 11 is 1.00. The Hall–Kier alpha value is -2.43. The molecule has 1 amide bonds. The number of halogens is 2. The molecule has 0 atom stereocenters. The lowest BCUT2D eigenvalue weighted by Crippen LogP contribution is -2.23. The van der Waals surface area contributed by atoms with Crippen molar-refractivity contribution in [1.29, 1.82) is 0 Å². The molecule has 0 saturated carbocycles. The van der Waals surface area contributed by atoms with E-state index in [1.54, 1.807) is 6.92 Å². The Morgan fingerprint density at radius 3 is 2.46 bits per heavy atom. The largest absolute Gasteiger partial charge is 0.298 e. The summed E-state index contributed by atoms with van der Waals surface area (Å²) in [5.41, 5.74) is 0.452. The third-order valence-electron chi connectivity index (χ3n) is 3.41. The highest BCUT2D eigenvalue weighted by Crippen LogP contribution is 2.28. The van der Waals surface area contributed by atoms with Gasteiger partial charge < -0.3 is 0 Å². The van der Waals surface area contributed by atoms with Crippen LogP contribution in [0.1, 0.15) is 17.3 Å². The Morgan fingerprint density at radius 1 is 1.15 bits per heavy atom. The molecule has 0 bridgehead atoms. The first kappa shape index (κ1) is 18.4. The number of benzene rings is 2. The van der Waals surface area contributed by atoms with Crippen LogP contribution in [0, 0.1) is 11.6 Å². The number of hydrogen-bond donors (Lipinski definition) is 2. The molecule has 3 rings (SSSR count). The molecule has 0 unspecified atom stereocenters. The highest BCUT2D eigenvalue weighted by atomic mass is 32.2. The molecule has 0 aliphatic heterocycles. The van der Waals surface area contributed by atoms with E-state index in [1.807, 2.05) is 0 Å². The van der Waals surface area contributed by atoms with Gasteiger partial charge in [0.1, 0.15) is 0 Å². The Labute approximate surface area is 151 Å². The summed E-state index contributed by atoms with van der Waals surface area (Å²) in [5.74, 6) is -2.52. The number of fused-ring (bicyclic) bond motifs is 1. The number of sulfonamides is 1. The number of rotatable bonds is 5. The zero-order valence-electron chi connectivity index (χ0n) is 13.4. The predicted octanol–water partition coefficient (Wildman–Crippen LogP) is 3.13. The number of hydrogen-bond acceptors (Lipinski definition) is 5. The van der Waals surface area contributed by atoms with Gasteiger partial charge in [0.05, 0.1) is 15.1 Å². The monoisotopic (exact) mass is 397 g/mol. The maximum Gasteiger partial charge on any atom is 0.257 e. The lowest BCUT2D eigenvalue weighted by Gasteiger charge is -2.06. The fourth-order valence-electron chi connectivity index (χ4n) is 2.21. The quantitative estimate of drug-likeness (QED) is 0.692. The summed E-state index contributed by atoms with van der Waals surface area (Å²) in [6, 6.07) is 7.33. The van der Waals surface area contributed by atoms with Gasteiger partial charge in [-0.25, -0.2) is 26.9 Å². The van der Waals surface area contributed by atoms with Crippen molar-refractivity contribution in [2.24, 2.45) is 0 Å². The number of thiazole rings is 1. The molecule has 0 aliphatic rings. The van der Waals surface area contributed by atoms with Crippen LogP contribution in [0.3, 0.4) is 0 Å². The molecule has 1 aromatic heterocycles. The fourth-order valence-corrected chi connectivity index (χ4v) is 4.11. The molecule has 3 aromatic rings. The normalized spacial score (nSPS) is 11.7. The highest BCUT2D eigenvalue weighted by Gasteiger charge is 2.15. The van der Waals surface area contributed by atoms with Crippen molar-refractivity contribution >= 4 is 42.6 Å². The first-order chi connectivity index (χ1) is 12.3. The molecule has 136 valence electrons. The number of nitrogens with one attached hydrogen (secondary N) is 2. The van der Waals surface area contributed by atoms with Crippen LogP contribution in [0.4, 0.5) is 13.9 Å². The van der Waals surface area contributed by atoms with Gasteiger partial charge >= 0.3 is 0 Å². The molecule has 0 radical (unpaired) electrons. The molecule has 2 N–H and O–H groups in total. The summed E-state index contributed by atoms with van der Waals surface area (Å²) in [6.07, 6.45) is 0. The van der Waals surface area contributed by atoms with Crippen molar-refractivity contribution in [3.63, 3.8) is 0 Å². The smallest absolute Gasteiger partial charge is 0.257 e. The molecule has 1 heterocycles. The first-order valence-electron chi connectivity index (χ1n) is 7.47. The van der Waals surface area contributed by atoms with Gasteiger partial charge in [-0.15, -0.1) is 0 Å². The van der Waals surface area contributed by atoms with Crippen LogP contribution in [-0.2, 0) is 10.0 Å². The molecule has 0 saturated heterocycles. The Balaban J connectivity index is 1.80. The van der Waals surface area contributed by atoms with Crippen LogP contribution in [-0.4, -0.2) is 25.9 Å². The van der Waals surface area contributed by atoms with E-state index >= 15 is 0 Å². The van der Waals surface area contributed by atoms with Crippen LogP contribution in [0.2, 0.25) is 0 Å². The van der Waals surface area contributed by atoms with Gasteiger partial charge in [-0.2, -0.15) is 0 Å². The number of amides is 1. The Bertz CT molecular complexity index is 1040. The van der Waals surface area contributed by atoms with Crippen molar-refractivity contribution < 1.29 is 22.0 Å². The number of nitrogens with zero attached hydrogens (tertiary/aromatic N) is 1. The standard InChI is InChI=1S/C16H13F2N3O3S2/c1-2-19-26(23,24)10-5-3-9(4-6-10)15(22)21-16-20-13-7-11(17)12(18)8-14(13)25-16/h3-8,19H,2H2,1H3,(H,20,21,22). The molecule has 0 aliphatic carbocycles. The number of carbonyl (C=O) groups is 1. The molecule has 2 aromatic carbocycles. The zero-order valence-corrected chi connectivity index (χ0v) is 15.0. The second-order valence-electron chi connectivity index (χ2n) is 5.23. The Morgan fingerprint density at radius 2 is 1.81 bits per heavy atom. The van der Waals surface area contributed by atoms with Crippen LogP contribution in [0.15, 0.2) is 41.3 Å². The average Bonchev–Trinajstić information content (AvgIpc) is 2.96. The van der Waals surface area contributed by atoms with Gasteiger partial charge in [0, 0.05) is 18.2 Å². The van der Waals surface area contributed by atoms with E-state index in [-0.39, 0.29) is 27.7 Å². The van der Waals surface area contributed by atoms with E-state index in [4.69, 9.17) is 0 Å². The molecule has 0 spiro atoms. The van der Waals surface area contributed by atoms with Crippen molar-refractivity contribution in [1.82, 2.24) is 9.71 Å².